The van der Waals surface area contributed by atoms with Crippen LogP contribution in [0.1, 0.15) is 5.56 Å². The molecule has 0 saturated heterocycles. The van der Waals surface area contributed by atoms with E-state index < -0.39 is 13.3 Å². The minimum atomic E-state index is -4.73. The average molecular weight is 259 g/mol. The number of hydrogen-bond acceptors (Lipinski definition) is 2. The summed E-state index contributed by atoms with van der Waals surface area (Å²) in [5.41, 5.74) is 0.948. The molecule has 0 atom stereocenters. The number of ether oxygens (including phenoxy) is 2. The molecule has 0 unspecified atom stereocenters. The first-order valence-corrected chi connectivity index (χ1v) is 5.58. The number of halogens is 3. The van der Waals surface area contributed by atoms with Crippen molar-refractivity contribution >= 4 is 6.98 Å². The Morgan fingerprint density at radius 3 is 2.33 bits per heavy atom. The van der Waals surface area contributed by atoms with E-state index in [4.69, 9.17) is 9.47 Å². The number of hydrogen-bond donors (Lipinski definition) is 0. The molecule has 0 amide bonds. The topological polar surface area (TPSA) is 18.5 Å². The summed E-state index contributed by atoms with van der Waals surface area (Å²) in [5.74, 6) is 0.756. The second kappa shape index (κ2) is 7.11. The van der Waals surface area contributed by atoms with Crippen LogP contribution >= 0.6 is 0 Å². The van der Waals surface area contributed by atoms with E-state index in [0.717, 1.165) is 17.4 Å². The lowest BCUT2D eigenvalue weighted by Crippen LogP contribution is -2.11. The van der Waals surface area contributed by atoms with Gasteiger partial charge in [0.1, 0.15) is 5.75 Å². The minimum Gasteiger partial charge on any atom is -0.497 e. The Morgan fingerprint density at radius 2 is 1.78 bits per heavy atom. The van der Waals surface area contributed by atoms with Crippen molar-refractivity contribution in [2.24, 2.45) is 0 Å². The molecule has 6 heteroatoms. The molecule has 1 aromatic carbocycles. The zero-order valence-electron chi connectivity index (χ0n) is 10.1. The van der Waals surface area contributed by atoms with Crippen molar-refractivity contribution in [3.05, 3.63) is 42.0 Å². The lowest BCUT2D eigenvalue weighted by Gasteiger charge is -2.08. The van der Waals surface area contributed by atoms with Crippen molar-refractivity contribution in [1.82, 2.24) is 0 Å². The molecule has 0 fully saturated rings. The van der Waals surface area contributed by atoms with Crippen LogP contribution < -0.4 is 4.74 Å². The van der Waals surface area contributed by atoms with Gasteiger partial charge in [0.2, 0.25) is 0 Å². The van der Waals surface area contributed by atoms with E-state index in [1.807, 2.05) is 12.1 Å². The smallest absolute Gasteiger partial charge is 0.482 e. The van der Waals surface area contributed by atoms with E-state index in [2.05, 4.69) is 0 Å². The van der Waals surface area contributed by atoms with Crippen molar-refractivity contribution in [2.75, 3.05) is 13.7 Å². The summed E-state index contributed by atoms with van der Waals surface area (Å²) in [6.07, 6.45) is 1.62. The Bertz CT molecular complexity index is 374. The Labute approximate surface area is 104 Å². The highest BCUT2D eigenvalue weighted by molar-refractivity contribution is 6.58. The van der Waals surface area contributed by atoms with Crippen molar-refractivity contribution < 1.29 is 22.4 Å². The Kier molecular flexibility index (Phi) is 5.78. The van der Waals surface area contributed by atoms with Crippen molar-refractivity contribution in [1.29, 1.82) is 0 Å². The van der Waals surface area contributed by atoms with Crippen LogP contribution in [0.15, 0.2) is 36.4 Å². The maximum Gasteiger partial charge on any atom is 0.482 e. The number of benzene rings is 1. The molecule has 0 aliphatic rings. The van der Waals surface area contributed by atoms with E-state index in [9.17, 15) is 12.9 Å². The fourth-order valence-electron chi connectivity index (χ4n) is 1.29. The monoisotopic (exact) mass is 259 g/mol. The Hall–Kier alpha value is -1.43. The van der Waals surface area contributed by atoms with Crippen molar-refractivity contribution in [2.45, 2.75) is 12.9 Å². The van der Waals surface area contributed by atoms with Gasteiger partial charge in [-0.15, -0.1) is 6.08 Å². The molecule has 0 saturated carbocycles. The highest BCUT2D eigenvalue weighted by atomic mass is 19.4. The maximum atomic E-state index is 11.9. The SMILES string of the molecule is COc1ccc(COC/C=C/C[B-](F)(F)F)cc1. The highest BCUT2D eigenvalue weighted by Gasteiger charge is 2.19. The van der Waals surface area contributed by atoms with Gasteiger partial charge in [0, 0.05) is 0 Å². The molecular weight excluding hydrogens is 244 g/mol. The van der Waals surface area contributed by atoms with Gasteiger partial charge in [-0.05, 0) is 17.7 Å². The lowest BCUT2D eigenvalue weighted by molar-refractivity contribution is 0.148. The van der Waals surface area contributed by atoms with Crippen LogP contribution in [0.25, 0.3) is 0 Å². The maximum absolute atomic E-state index is 11.9. The van der Waals surface area contributed by atoms with Gasteiger partial charge in [-0.3, -0.25) is 0 Å². The molecule has 1 aromatic rings. The largest absolute Gasteiger partial charge is 0.497 e. The summed E-state index contributed by atoms with van der Waals surface area (Å²) in [4.78, 5) is 0. The number of methoxy groups -OCH3 is 1. The predicted octanol–water partition coefficient (Wildman–Crippen LogP) is 3.62. The van der Waals surface area contributed by atoms with E-state index >= 15 is 0 Å². The summed E-state index contributed by atoms with van der Waals surface area (Å²) in [7, 11) is 1.58. The molecule has 18 heavy (non-hydrogen) atoms. The van der Waals surface area contributed by atoms with Gasteiger partial charge in [0.15, 0.2) is 0 Å². The Balaban J connectivity index is 2.21. The van der Waals surface area contributed by atoms with Gasteiger partial charge in [0.25, 0.3) is 0 Å². The van der Waals surface area contributed by atoms with Crippen LogP contribution in [0, 0.1) is 0 Å². The van der Waals surface area contributed by atoms with Crippen LogP contribution in [0.4, 0.5) is 12.9 Å². The van der Waals surface area contributed by atoms with Gasteiger partial charge >= 0.3 is 6.98 Å². The molecule has 100 valence electrons. The summed E-state index contributed by atoms with van der Waals surface area (Å²) in [5, 5.41) is 0. The average Bonchev–Trinajstić information content (AvgIpc) is 2.33. The van der Waals surface area contributed by atoms with Gasteiger partial charge in [-0.2, -0.15) is 0 Å². The van der Waals surface area contributed by atoms with Crippen molar-refractivity contribution in [3.63, 3.8) is 0 Å². The van der Waals surface area contributed by atoms with E-state index in [0.29, 0.717) is 6.61 Å². The third kappa shape index (κ3) is 6.34. The van der Waals surface area contributed by atoms with E-state index in [1.165, 1.54) is 6.08 Å². The molecule has 1 rings (SSSR count). The predicted molar refractivity (Wildman–Crippen MR) is 65.7 cm³/mol. The van der Waals surface area contributed by atoms with Gasteiger partial charge < -0.3 is 22.4 Å². The third-order valence-electron chi connectivity index (χ3n) is 2.21. The molecule has 0 bridgehead atoms. The fourth-order valence-corrected chi connectivity index (χ4v) is 1.29. The molecular formula is C12H15BF3O2-. The first-order valence-electron chi connectivity index (χ1n) is 5.58. The molecule has 0 spiro atoms. The molecule has 0 radical (unpaired) electrons. The van der Waals surface area contributed by atoms with Crippen LogP contribution in [0.5, 0.6) is 5.75 Å². The fraction of sp³-hybridized carbons (Fsp3) is 0.333. The zero-order chi connectivity index (χ0) is 13.4. The first kappa shape index (κ1) is 14.6. The van der Waals surface area contributed by atoms with E-state index in [-0.39, 0.29) is 6.61 Å². The first-order chi connectivity index (χ1) is 8.51. The highest BCUT2D eigenvalue weighted by Crippen LogP contribution is 2.15. The van der Waals surface area contributed by atoms with Crippen LogP contribution in [-0.4, -0.2) is 20.7 Å². The second-order valence-corrected chi connectivity index (χ2v) is 3.78. The summed E-state index contributed by atoms with van der Waals surface area (Å²) in [6.45, 7) is -4.19. The Morgan fingerprint density at radius 1 is 1.11 bits per heavy atom. The molecule has 0 heterocycles. The van der Waals surface area contributed by atoms with E-state index in [1.54, 1.807) is 19.2 Å². The van der Waals surface area contributed by atoms with Crippen LogP contribution in [0.3, 0.4) is 0 Å². The molecule has 0 aliphatic heterocycles. The second-order valence-electron chi connectivity index (χ2n) is 3.78. The van der Waals surface area contributed by atoms with Crippen molar-refractivity contribution in [3.8, 4) is 5.75 Å². The molecule has 0 N–H and O–H groups in total. The number of rotatable bonds is 7. The molecule has 0 aromatic heterocycles. The summed E-state index contributed by atoms with van der Waals surface area (Å²) >= 11 is 0. The van der Waals surface area contributed by atoms with Crippen LogP contribution in [-0.2, 0) is 11.3 Å². The minimum absolute atomic E-state index is 0.179. The van der Waals surface area contributed by atoms with Crippen LogP contribution in [0.2, 0.25) is 6.32 Å². The quantitative estimate of drug-likeness (QED) is 0.423. The third-order valence-corrected chi connectivity index (χ3v) is 2.21. The standard InChI is InChI=1S/C12H15BF3O2/c1-17-12-6-4-11(5-7-12)10-18-9-3-2-8-13(14,15)16/h2-7H,8-10H2,1H3/q-1/b3-2+. The normalized spacial score (nSPS) is 12.0. The van der Waals surface area contributed by atoms with Gasteiger partial charge in [-0.25, -0.2) is 0 Å². The number of allylic oxidation sites excluding steroid dienone is 1. The van der Waals surface area contributed by atoms with Gasteiger partial charge in [-0.1, -0.05) is 24.5 Å². The lowest BCUT2D eigenvalue weighted by atomic mass is 9.86. The molecule has 0 aliphatic carbocycles. The molecule has 2 nitrogen and oxygen atoms in total. The summed E-state index contributed by atoms with van der Waals surface area (Å²) < 4.78 is 45.8. The zero-order valence-corrected chi connectivity index (χ0v) is 10.1. The summed E-state index contributed by atoms with van der Waals surface area (Å²) in [6, 6.07) is 7.31. The van der Waals surface area contributed by atoms with Gasteiger partial charge in [0.05, 0.1) is 20.3 Å².